The molecule has 1 aromatic carbocycles. The fraction of sp³-hybridized carbons (Fsp3) is 0.667. The van der Waals surface area contributed by atoms with E-state index >= 15 is 0 Å². The largest absolute Gasteiger partial charge is 0.317 e. The average molecular weight is 287 g/mol. The molecular formula is C18H29N3. The van der Waals surface area contributed by atoms with E-state index in [9.17, 15) is 0 Å². The van der Waals surface area contributed by atoms with Gasteiger partial charge in [0.2, 0.25) is 0 Å². The molecule has 0 aromatic heterocycles. The molecule has 2 fully saturated rings. The molecule has 3 heteroatoms. The molecular weight excluding hydrogens is 258 g/mol. The van der Waals surface area contributed by atoms with Gasteiger partial charge in [-0.05, 0) is 31.9 Å². The zero-order chi connectivity index (χ0) is 14.5. The van der Waals surface area contributed by atoms with Crippen LogP contribution in [0.4, 0.5) is 0 Å². The third-order valence-corrected chi connectivity index (χ3v) is 5.23. The summed E-state index contributed by atoms with van der Waals surface area (Å²) >= 11 is 0. The van der Waals surface area contributed by atoms with Gasteiger partial charge in [-0.1, -0.05) is 36.8 Å². The van der Waals surface area contributed by atoms with Crippen molar-refractivity contribution in [3.8, 4) is 0 Å². The first-order chi connectivity index (χ1) is 10.3. The van der Waals surface area contributed by atoms with Crippen LogP contribution in [0.2, 0.25) is 0 Å². The number of nitrogens with one attached hydrogen (secondary N) is 1. The maximum atomic E-state index is 3.48. The third-order valence-electron chi connectivity index (χ3n) is 5.23. The minimum atomic E-state index is 0.742. The normalized spacial score (nSPS) is 28.6. The topological polar surface area (TPSA) is 18.5 Å². The Morgan fingerprint density at radius 2 is 1.81 bits per heavy atom. The standard InChI is InChI=1S/C18H29N3/c1-19-17-8-5-9-18(14-17)21-12-10-20(11-13-21)15-16-6-3-2-4-7-16/h2-4,6-7,17-19H,5,8-15H2,1H3/t17-,18+/m1/s1. The van der Waals surface area contributed by atoms with Gasteiger partial charge >= 0.3 is 0 Å². The molecule has 1 saturated carbocycles. The van der Waals surface area contributed by atoms with Crippen molar-refractivity contribution in [2.45, 2.75) is 44.3 Å². The smallest absolute Gasteiger partial charge is 0.0234 e. The van der Waals surface area contributed by atoms with Crippen molar-refractivity contribution in [2.24, 2.45) is 0 Å². The van der Waals surface area contributed by atoms with Gasteiger partial charge in [-0.3, -0.25) is 9.80 Å². The van der Waals surface area contributed by atoms with Gasteiger partial charge in [0.25, 0.3) is 0 Å². The van der Waals surface area contributed by atoms with E-state index in [1.807, 2.05) is 0 Å². The highest BCUT2D eigenvalue weighted by atomic mass is 15.3. The Bertz CT molecular complexity index is 412. The van der Waals surface area contributed by atoms with Gasteiger partial charge in [-0.15, -0.1) is 0 Å². The molecule has 1 heterocycles. The van der Waals surface area contributed by atoms with Crippen molar-refractivity contribution in [3.63, 3.8) is 0 Å². The molecule has 0 bridgehead atoms. The van der Waals surface area contributed by atoms with Crippen molar-refractivity contribution in [2.75, 3.05) is 33.2 Å². The number of nitrogens with zero attached hydrogens (tertiary/aromatic N) is 2. The average Bonchev–Trinajstić information content (AvgIpc) is 2.56. The lowest BCUT2D eigenvalue weighted by Gasteiger charge is -2.42. The van der Waals surface area contributed by atoms with E-state index in [0.29, 0.717) is 0 Å². The molecule has 2 aliphatic rings. The van der Waals surface area contributed by atoms with Gasteiger partial charge in [0.1, 0.15) is 0 Å². The monoisotopic (exact) mass is 287 g/mol. The Kier molecular flexibility index (Phi) is 5.28. The van der Waals surface area contributed by atoms with Crippen LogP contribution in [-0.2, 0) is 6.54 Å². The summed E-state index contributed by atoms with van der Waals surface area (Å²) < 4.78 is 0. The van der Waals surface area contributed by atoms with Crippen molar-refractivity contribution in [1.29, 1.82) is 0 Å². The number of hydrogen-bond donors (Lipinski definition) is 1. The van der Waals surface area contributed by atoms with Crippen LogP contribution in [0.25, 0.3) is 0 Å². The highest BCUT2D eigenvalue weighted by molar-refractivity contribution is 5.14. The Morgan fingerprint density at radius 3 is 2.52 bits per heavy atom. The van der Waals surface area contributed by atoms with Gasteiger partial charge < -0.3 is 5.32 Å². The maximum absolute atomic E-state index is 3.48. The van der Waals surface area contributed by atoms with Crippen LogP contribution in [0.5, 0.6) is 0 Å². The van der Waals surface area contributed by atoms with E-state index in [4.69, 9.17) is 0 Å². The van der Waals surface area contributed by atoms with E-state index in [1.165, 1.54) is 57.4 Å². The molecule has 2 atom stereocenters. The van der Waals surface area contributed by atoms with Crippen LogP contribution in [0.15, 0.2) is 30.3 Å². The lowest BCUT2D eigenvalue weighted by atomic mass is 9.89. The van der Waals surface area contributed by atoms with Crippen LogP contribution in [0.1, 0.15) is 31.2 Å². The molecule has 0 unspecified atom stereocenters. The first-order valence-electron chi connectivity index (χ1n) is 8.53. The second-order valence-corrected chi connectivity index (χ2v) is 6.60. The number of benzene rings is 1. The molecule has 116 valence electrons. The molecule has 1 aliphatic carbocycles. The van der Waals surface area contributed by atoms with Crippen LogP contribution < -0.4 is 5.32 Å². The van der Waals surface area contributed by atoms with Crippen molar-refractivity contribution < 1.29 is 0 Å². The summed E-state index contributed by atoms with van der Waals surface area (Å²) in [5.74, 6) is 0. The van der Waals surface area contributed by atoms with E-state index < -0.39 is 0 Å². The van der Waals surface area contributed by atoms with Gasteiger partial charge in [0.05, 0.1) is 0 Å². The number of rotatable bonds is 4. The summed E-state index contributed by atoms with van der Waals surface area (Å²) in [6.45, 7) is 6.03. The fourth-order valence-electron chi connectivity index (χ4n) is 3.89. The van der Waals surface area contributed by atoms with E-state index in [2.05, 4.69) is 52.5 Å². The number of piperazine rings is 1. The minimum Gasteiger partial charge on any atom is -0.317 e. The predicted octanol–water partition coefficient (Wildman–Crippen LogP) is 2.33. The number of hydrogen-bond acceptors (Lipinski definition) is 3. The van der Waals surface area contributed by atoms with Crippen LogP contribution >= 0.6 is 0 Å². The van der Waals surface area contributed by atoms with E-state index in [0.717, 1.165) is 18.6 Å². The molecule has 1 aliphatic heterocycles. The second-order valence-electron chi connectivity index (χ2n) is 6.60. The van der Waals surface area contributed by atoms with Crippen molar-refractivity contribution in [1.82, 2.24) is 15.1 Å². The van der Waals surface area contributed by atoms with E-state index in [1.54, 1.807) is 0 Å². The lowest BCUT2D eigenvalue weighted by Crippen LogP contribution is -2.52. The highest BCUT2D eigenvalue weighted by Crippen LogP contribution is 2.24. The van der Waals surface area contributed by atoms with Crippen LogP contribution in [0, 0.1) is 0 Å². The van der Waals surface area contributed by atoms with Crippen LogP contribution in [-0.4, -0.2) is 55.1 Å². The van der Waals surface area contributed by atoms with Gasteiger partial charge in [-0.25, -0.2) is 0 Å². The van der Waals surface area contributed by atoms with E-state index in [-0.39, 0.29) is 0 Å². The zero-order valence-corrected chi connectivity index (χ0v) is 13.3. The summed E-state index contributed by atoms with van der Waals surface area (Å²) in [5, 5.41) is 3.48. The van der Waals surface area contributed by atoms with Crippen LogP contribution in [0.3, 0.4) is 0 Å². The molecule has 3 nitrogen and oxygen atoms in total. The summed E-state index contributed by atoms with van der Waals surface area (Å²) in [6, 6.07) is 12.4. The Hall–Kier alpha value is -0.900. The third kappa shape index (κ3) is 4.06. The SMILES string of the molecule is CN[C@@H]1CCC[C@H](N2CCN(Cc3ccccc3)CC2)C1. The van der Waals surface area contributed by atoms with Crippen molar-refractivity contribution in [3.05, 3.63) is 35.9 Å². The molecule has 0 radical (unpaired) electrons. The molecule has 0 amide bonds. The molecule has 1 N–H and O–H groups in total. The summed E-state index contributed by atoms with van der Waals surface area (Å²) in [4.78, 5) is 5.34. The molecule has 0 spiro atoms. The second kappa shape index (κ2) is 7.39. The Balaban J connectivity index is 1.46. The zero-order valence-electron chi connectivity index (χ0n) is 13.3. The first-order valence-corrected chi connectivity index (χ1v) is 8.53. The fourth-order valence-corrected chi connectivity index (χ4v) is 3.89. The summed E-state index contributed by atoms with van der Waals surface area (Å²) in [5.41, 5.74) is 1.44. The molecule has 21 heavy (non-hydrogen) atoms. The van der Waals surface area contributed by atoms with Crippen molar-refractivity contribution >= 4 is 0 Å². The minimum absolute atomic E-state index is 0.742. The van der Waals surface area contributed by atoms with Gasteiger partial charge in [0.15, 0.2) is 0 Å². The van der Waals surface area contributed by atoms with Gasteiger partial charge in [-0.2, -0.15) is 0 Å². The lowest BCUT2D eigenvalue weighted by molar-refractivity contribution is 0.0693. The predicted molar refractivity (Wildman–Crippen MR) is 88.4 cm³/mol. The molecule has 3 rings (SSSR count). The summed E-state index contributed by atoms with van der Waals surface area (Å²) in [6.07, 6.45) is 5.49. The Morgan fingerprint density at radius 1 is 1.05 bits per heavy atom. The summed E-state index contributed by atoms with van der Waals surface area (Å²) in [7, 11) is 2.12. The maximum Gasteiger partial charge on any atom is 0.0234 e. The van der Waals surface area contributed by atoms with Gasteiger partial charge in [0, 0.05) is 44.8 Å². The molecule has 1 saturated heterocycles. The highest BCUT2D eigenvalue weighted by Gasteiger charge is 2.28. The molecule has 1 aromatic rings. The quantitative estimate of drug-likeness (QED) is 0.917. The first kappa shape index (κ1) is 15.0. The Labute approximate surface area is 129 Å².